The van der Waals surface area contributed by atoms with Crippen molar-refractivity contribution in [2.75, 3.05) is 6.67 Å². The second kappa shape index (κ2) is 9.30. The van der Waals surface area contributed by atoms with E-state index in [1.165, 1.54) is 0 Å². The van der Waals surface area contributed by atoms with Crippen LogP contribution in [0.15, 0.2) is 59.1 Å². The summed E-state index contributed by atoms with van der Waals surface area (Å²) in [5.41, 5.74) is 1.98. The highest BCUT2D eigenvalue weighted by atomic mass is 79.9. The standard InChI is InChI=1S/C18H19BrFNO2/c19-17-9-5-4-8-15(17)10-11-16(12-20)21-18(22)23-13-14-6-2-1-3-7-14/h1-9,16H,10-13H2,(H,21,22)/t16-/m0/s1. The lowest BCUT2D eigenvalue weighted by molar-refractivity contribution is 0.133. The highest BCUT2D eigenvalue weighted by Crippen LogP contribution is 2.18. The minimum absolute atomic E-state index is 0.177. The van der Waals surface area contributed by atoms with Gasteiger partial charge in [0.15, 0.2) is 0 Å². The van der Waals surface area contributed by atoms with Crippen LogP contribution in [0.4, 0.5) is 9.18 Å². The zero-order valence-electron chi connectivity index (χ0n) is 12.7. The van der Waals surface area contributed by atoms with E-state index in [0.29, 0.717) is 12.8 Å². The maximum Gasteiger partial charge on any atom is 0.407 e. The van der Waals surface area contributed by atoms with Gasteiger partial charge in [-0.1, -0.05) is 64.5 Å². The van der Waals surface area contributed by atoms with Gasteiger partial charge in [0.1, 0.15) is 13.3 Å². The summed E-state index contributed by atoms with van der Waals surface area (Å²) in [4.78, 5) is 11.8. The molecule has 23 heavy (non-hydrogen) atoms. The number of aryl methyl sites for hydroxylation is 1. The normalized spacial score (nSPS) is 11.7. The Labute approximate surface area is 144 Å². The van der Waals surface area contributed by atoms with E-state index in [9.17, 15) is 9.18 Å². The molecule has 3 nitrogen and oxygen atoms in total. The molecule has 5 heteroatoms. The smallest absolute Gasteiger partial charge is 0.407 e. The van der Waals surface area contributed by atoms with Crippen LogP contribution in [-0.4, -0.2) is 18.8 Å². The molecular weight excluding hydrogens is 361 g/mol. The van der Waals surface area contributed by atoms with E-state index in [1.54, 1.807) is 0 Å². The summed E-state index contributed by atoms with van der Waals surface area (Å²) in [7, 11) is 0. The number of carbonyl (C=O) groups excluding carboxylic acids is 1. The fraction of sp³-hybridized carbons (Fsp3) is 0.278. The first-order valence-corrected chi connectivity index (χ1v) is 8.25. The number of carbonyl (C=O) groups is 1. The molecule has 0 bridgehead atoms. The molecule has 122 valence electrons. The first-order chi connectivity index (χ1) is 11.2. The van der Waals surface area contributed by atoms with Crippen molar-refractivity contribution in [2.45, 2.75) is 25.5 Å². The lowest BCUT2D eigenvalue weighted by atomic mass is 10.1. The molecule has 1 N–H and O–H groups in total. The van der Waals surface area contributed by atoms with Crippen LogP contribution in [0.25, 0.3) is 0 Å². The van der Waals surface area contributed by atoms with Crippen LogP contribution in [0.1, 0.15) is 17.5 Å². The molecule has 0 fully saturated rings. The molecule has 0 aliphatic carbocycles. The molecule has 0 heterocycles. The molecule has 2 aromatic carbocycles. The number of nitrogens with one attached hydrogen (secondary N) is 1. The second-order valence-electron chi connectivity index (χ2n) is 5.19. The molecule has 2 aromatic rings. The van der Waals surface area contributed by atoms with Gasteiger partial charge in [-0.15, -0.1) is 0 Å². The molecule has 1 amide bonds. The molecule has 0 aromatic heterocycles. The van der Waals surface area contributed by atoms with Crippen molar-refractivity contribution in [1.29, 1.82) is 0 Å². The van der Waals surface area contributed by atoms with Crippen LogP contribution in [0, 0.1) is 0 Å². The average molecular weight is 380 g/mol. The first-order valence-electron chi connectivity index (χ1n) is 7.45. The van der Waals surface area contributed by atoms with E-state index in [0.717, 1.165) is 15.6 Å². The monoisotopic (exact) mass is 379 g/mol. The van der Waals surface area contributed by atoms with Gasteiger partial charge in [0.05, 0.1) is 6.04 Å². The number of alkyl halides is 1. The highest BCUT2D eigenvalue weighted by molar-refractivity contribution is 9.10. The Morgan fingerprint density at radius 2 is 1.83 bits per heavy atom. The van der Waals surface area contributed by atoms with Crippen LogP contribution >= 0.6 is 15.9 Å². The number of amides is 1. The Hall–Kier alpha value is -1.88. The van der Waals surface area contributed by atoms with Gasteiger partial charge in [-0.25, -0.2) is 9.18 Å². The summed E-state index contributed by atoms with van der Waals surface area (Å²) in [6.07, 6.45) is 0.595. The molecular formula is C18H19BrFNO2. The maximum absolute atomic E-state index is 13.1. The van der Waals surface area contributed by atoms with E-state index in [4.69, 9.17) is 4.74 Å². The zero-order chi connectivity index (χ0) is 16.5. The van der Waals surface area contributed by atoms with Crippen molar-refractivity contribution in [1.82, 2.24) is 5.32 Å². The lowest BCUT2D eigenvalue weighted by Gasteiger charge is -2.16. The first kappa shape index (κ1) is 17.5. The molecule has 0 spiro atoms. The predicted molar refractivity (Wildman–Crippen MR) is 92.0 cm³/mol. The van der Waals surface area contributed by atoms with Crippen molar-refractivity contribution in [3.63, 3.8) is 0 Å². The third-order valence-corrected chi connectivity index (χ3v) is 4.21. The van der Waals surface area contributed by atoms with Gasteiger partial charge in [-0.2, -0.15) is 0 Å². The van der Waals surface area contributed by atoms with Gasteiger partial charge in [0, 0.05) is 4.47 Å². The average Bonchev–Trinajstić information content (AvgIpc) is 2.59. The molecule has 0 saturated heterocycles. The maximum atomic E-state index is 13.1. The summed E-state index contributed by atoms with van der Waals surface area (Å²) in [5, 5.41) is 2.58. The number of alkyl carbamates (subject to hydrolysis) is 1. The Morgan fingerprint density at radius 3 is 2.52 bits per heavy atom. The third kappa shape index (κ3) is 6.02. The fourth-order valence-electron chi connectivity index (χ4n) is 2.15. The highest BCUT2D eigenvalue weighted by Gasteiger charge is 2.14. The largest absolute Gasteiger partial charge is 0.445 e. The lowest BCUT2D eigenvalue weighted by Crippen LogP contribution is -2.37. The minimum Gasteiger partial charge on any atom is -0.445 e. The number of halogens is 2. The molecule has 0 aliphatic rings. The number of hydrogen-bond donors (Lipinski definition) is 1. The van der Waals surface area contributed by atoms with Gasteiger partial charge >= 0.3 is 6.09 Å². The van der Waals surface area contributed by atoms with Crippen LogP contribution in [-0.2, 0) is 17.8 Å². The minimum atomic E-state index is -0.620. The molecule has 0 aliphatic heterocycles. The van der Waals surface area contributed by atoms with E-state index < -0.39 is 18.8 Å². The molecule has 0 saturated carbocycles. The molecule has 1 atom stereocenters. The fourth-order valence-corrected chi connectivity index (χ4v) is 2.63. The number of benzene rings is 2. The van der Waals surface area contributed by atoms with E-state index in [-0.39, 0.29) is 6.61 Å². The number of hydrogen-bond acceptors (Lipinski definition) is 2. The van der Waals surface area contributed by atoms with E-state index in [2.05, 4.69) is 21.2 Å². The van der Waals surface area contributed by atoms with Crippen molar-refractivity contribution in [3.8, 4) is 0 Å². The van der Waals surface area contributed by atoms with Crippen molar-refractivity contribution in [3.05, 3.63) is 70.2 Å². The van der Waals surface area contributed by atoms with Crippen molar-refractivity contribution < 1.29 is 13.9 Å². The van der Waals surface area contributed by atoms with E-state index in [1.807, 2.05) is 54.6 Å². The van der Waals surface area contributed by atoms with Gasteiger partial charge in [0.2, 0.25) is 0 Å². The van der Waals surface area contributed by atoms with Crippen LogP contribution < -0.4 is 5.32 Å². The van der Waals surface area contributed by atoms with Crippen molar-refractivity contribution >= 4 is 22.0 Å². The van der Waals surface area contributed by atoms with Crippen LogP contribution in [0.3, 0.4) is 0 Å². The predicted octanol–water partition coefficient (Wildman–Crippen LogP) is 4.65. The SMILES string of the molecule is O=C(N[C@H](CF)CCc1ccccc1Br)OCc1ccccc1. The van der Waals surface area contributed by atoms with Gasteiger partial charge in [0.25, 0.3) is 0 Å². The molecule has 0 radical (unpaired) electrons. The van der Waals surface area contributed by atoms with Crippen LogP contribution in [0.5, 0.6) is 0 Å². The summed E-state index contributed by atoms with van der Waals surface area (Å²) in [5.74, 6) is 0. The third-order valence-electron chi connectivity index (χ3n) is 3.44. The van der Waals surface area contributed by atoms with Gasteiger partial charge in [-0.3, -0.25) is 0 Å². The molecule has 0 unspecified atom stereocenters. The second-order valence-corrected chi connectivity index (χ2v) is 6.04. The summed E-state index contributed by atoms with van der Waals surface area (Å²) < 4.78 is 19.2. The zero-order valence-corrected chi connectivity index (χ0v) is 14.3. The summed E-state index contributed by atoms with van der Waals surface area (Å²) >= 11 is 3.46. The topological polar surface area (TPSA) is 38.3 Å². The molecule has 2 rings (SSSR count). The Bertz CT molecular complexity index is 621. The number of rotatable bonds is 7. The van der Waals surface area contributed by atoms with Gasteiger partial charge < -0.3 is 10.1 Å². The van der Waals surface area contributed by atoms with E-state index >= 15 is 0 Å². The quantitative estimate of drug-likeness (QED) is 0.760. The summed E-state index contributed by atoms with van der Waals surface area (Å²) in [6.45, 7) is -0.444. The summed E-state index contributed by atoms with van der Waals surface area (Å²) in [6, 6.07) is 16.6. The Morgan fingerprint density at radius 1 is 1.13 bits per heavy atom. The van der Waals surface area contributed by atoms with Crippen LogP contribution in [0.2, 0.25) is 0 Å². The Kier molecular flexibility index (Phi) is 7.07. The van der Waals surface area contributed by atoms with Gasteiger partial charge in [-0.05, 0) is 30.0 Å². The Balaban J connectivity index is 1.77. The van der Waals surface area contributed by atoms with Crippen molar-refractivity contribution in [2.24, 2.45) is 0 Å². The number of ether oxygens (including phenoxy) is 1.